The molecule has 0 radical (unpaired) electrons. The molecule has 0 saturated heterocycles. The van der Waals surface area contributed by atoms with Crippen molar-refractivity contribution >= 4 is 29.1 Å². The average Bonchev–Trinajstić information content (AvgIpc) is 3.17. The number of aryl methyl sites for hydroxylation is 1. The van der Waals surface area contributed by atoms with Crippen LogP contribution in [0.4, 0.5) is 0 Å². The Bertz CT molecular complexity index is 1500. The lowest BCUT2D eigenvalue weighted by Crippen LogP contribution is -2.29. The van der Waals surface area contributed by atoms with Crippen LogP contribution < -0.4 is 14.8 Å². The van der Waals surface area contributed by atoms with E-state index in [4.69, 9.17) is 25.8 Å². The van der Waals surface area contributed by atoms with Crippen molar-refractivity contribution in [2.45, 2.75) is 26.4 Å². The van der Waals surface area contributed by atoms with E-state index in [2.05, 4.69) is 5.32 Å². The van der Waals surface area contributed by atoms with Crippen LogP contribution in [0.2, 0.25) is 5.02 Å². The van der Waals surface area contributed by atoms with E-state index >= 15 is 0 Å². The normalized spacial score (nSPS) is 16.2. The summed E-state index contributed by atoms with van der Waals surface area (Å²) in [5.74, 6) is -0.590. The summed E-state index contributed by atoms with van der Waals surface area (Å²) in [5, 5.41) is 3.59. The molecule has 0 spiro atoms. The van der Waals surface area contributed by atoms with Gasteiger partial charge in [-0.2, -0.15) is 0 Å². The molecule has 5 rings (SSSR count). The summed E-state index contributed by atoms with van der Waals surface area (Å²) in [7, 11) is 2.85. The lowest BCUT2D eigenvalue weighted by Gasteiger charge is -2.29. The van der Waals surface area contributed by atoms with Crippen LogP contribution >= 0.6 is 11.6 Å². The zero-order valence-electron chi connectivity index (χ0n) is 21.0. The molecule has 37 heavy (non-hydrogen) atoms. The van der Waals surface area contributed by atoms with Crippen molar-refractivity contribution in [1.82, 2.24) is 5.32 Å². The first-order chi connectivity index (χ1) is 17.8. The third-order valence-electron chi connectivity index (χ3n) is 6.70. The highest BCUT2D eigenvalue weighted by atomic mass is 35.5. The molecule has 0 unspecified atom stereocenters. The maximum absolute atomic E-state index is 13.6. The van der Waals surface area contributed by atoms with Gasteiger partial charge >= 0.3 is 5.97 Å². The van der Waals surface area contributed by atoms with Crippen molar-refractivity contribution in [3.8, 4) is 11.5 Å². The Morgan fingerprint density at radius 1 is 1.00 bits per heavy atom. The maximum Gasteiger partial charge on any atom is 0.336 e. The minimum Gasteiger partial charge on any atom is -0.493 e. The Balaban J connectivity index is 1.60. The van der Waals surface area contributed by atoms with Crippen molar-refractivity contribution in [1.29, 1.82) is 0 Å². The Labute approximate surface area is 220 Å². The number of ketones is 1. The van der Waals surface area contributed by atoms with E-state index in [1.807, 2.05) is 49.4 Å². The van der Waals surface area contributed by atoms with Crippen LogP contribution in [0.3, 0.4) is 0 Å². The van der Waals surface area contributed by atoms with E-state index in [0.717, 1.165) is 16.7 Å². The molecule has 0 aromatic heterocycles. The lowest BCUT2D eigenvalue weighted by atomic mass is 9.79. The molecule has 6 nitrogen and oxygen atoms in total. The minimum atomic E-state index is -0.708. The molecule has 0 saturated carbocycles. The number of ether oxygens (including phenoxy) is 3. The van der Waals surface area contributed by atoms with Crippen LogP contribution in [-0.4, -0.2) is 26.0 Å². The summed E-state index contributed by atoms with van der Waals surface area (Å²) >= 11 is 6.74. The smallest absolute Gasteiger partial charge is 0.336 e. The molecule has 0 fully saturated rings. The topological polar surface area (TPSA) is 73.9 Å². The molecule has 1 heterocycles. The average molecular weight is 516 g/mol. The van der Waals surface area contributed by atoms with Gasteiger partial charge in [0.05, 0.1) is 30.5 Å². The molecule has 3 aromatic carbocycles. The van der Waals surface area contributed by atoms with E-state index in [9.17, 15) is 9.59 Å². The molecule has 0 bridgehead atoms. The molecule has 1 aliphatic carbocycles. The van der Waals surface area contributed by atoms with Gasteiger partial charge in [0, 0.05) is 28.3 Å². The number of dihydropyridines is 1. The van der Waals surface area contributed by atoms with Crippen molar-refractivity contribution in [3.05, 3.63) is 110 Å². The lowest BCUT2D eigenvalue weighted by molar-refractivity contribution is -0.136. The third kappa shape index (κ3) is 4.27. The highest BCUT2D eigenvalue weighted by molar-refractivity contribution is 6.32. The van der Waals surface area contributed by atoms with E-state index in [0.29, 0.717) is 56.8 Å². The molecular formula is C30H26ClNO5. The van der Waals surface area contributed by atoms with Crippen LogP contribution in [0.5, 0.6) is 11.5 Å². The van der Waals surface area contributed by atoms with Crippen LogP contribution in [0, 0.1) is 6.92 Å². The van der Waals surface area contributed by atoms with Crippen molar-refractivity contribution in [2.24, 2.45) is 0 Å². The van der Waals surface area contributed by atoms with Crippen LogP contribution in [0.1, 0.15) is 45.5 Å². The number of hydrogen-bond donors (Lipinski definition) is 1. The molecule has 1 atom stereocenters. The SMILES string of the molecule is COC(=O)C1=C(C)NC2=C(C(=O)c3ccccc32)[C@@H]1c1cc(Cl)c(OCc2cccc(C)c2)c(OC)c1. The fraction of sp³-hybridized carbons (Fsp3) is 0.200. The van der Waals surface area contributed by atoms with Crippen LogP contribution in [0.15, 0.2) is 77.5 Å². The summed E-state index contributed by atoms with van der Waals surface area (Å²) in [6, 6.07) is 18.9. The monoisotopic (exact) mass is 515 g/mol. The number of halogens is 1. The zero-order valence-corrected chi connectivity index (χ0v) is 21.7. The first kappa shape index (κ1) is 24.7. The Morgan fingerprint density at radius 2 is 1.76 bits per heavy atom. The fourth-order valence-corrected chi connectivity index (χ4v) is 5.32. The van der Waals surface area contributed by atoms with Gasteiger partial charge in [0.15, 0.2) is 17.3 Å². The highest BCUT2D eigenvalue weighted by Gasteiger charge is 2.43. The summed E-state index contributed by atoms with van der Waals surface area (Å²) < 4.78 is 16.8. The molecule has 1 N–H and O–H groups in total. The second-order valence-corrected chi connectivity index (χ2v) is 9.47. The van der Waals surface area contributed by atoms with Gasteiger partial charge in [-0.1, -0.05) is 65.7 Å². The molecule has 7 heteroatoms. The molecule has 3 aromatic rings. The second-order valence-electron chi connectivity index (χ2n) is 9.06. The number of Topliss-reactive ketones (excluding diaryl/α,β-unsaturated/α-hetero) is 1. The van der Waals surface area contributed by atoms with Crippen molar-refractivity contribution in [3.63, 3.8) is 0 Å². The van der Waals surface area contributed by atoms with Crippen LogP contribution in [-0.2, 0) is 16.1 Å². The number of esters is 1. The predicted octanol–water partition coefficient (Wildman–Crippen LogP) is 5.98. The third-order valence-corrected chi connectivity index (χ3v) is 6.99. The van der Waals surface area contributed by atoms with Crippen molar-refractivity contribution < 1.29 is 23.8 Å². The summed E-state index contributed by atoms with van der Waals surface area (Å²) in [6.45, 7) is 4.12. The molecule has 1 aliphatic heterocycles. The Kier molecular flexibility index (Phi) is 6.52. The van der Waals surface area contributed by atoms with E-state index in [1.165, 1.54) is 14.2 Å². The van der Waals surface area contributed by atoms with E-state index in [1.54, 1.807) is 25.1 Å². The largest absolute Gasteiger partial charge is 0.493 e. The van der Waals surface area contributed by atoms with E-state index < -0.39 is 11.9 Å². The molecule has 2 aliphatic rings. The number of carbonyl (C=O) groups is 2. The van der Waals surface area contributed by atoms with Gasteiger partial charge < -0.3 is 19.5 Å². The maximum atomic E-state index is 13.6. The number of nitrogens with one attached hydrogen (secondary N) is 1. The van der Waals surface area contributed by atoms with Gasteiger partial charge in [-0.3, -0.25) is 4.79 Å². The van der Waals surface area contributed by atoms with Crippen LogP contribution in [0.25, 0.3) is 5.70 Å². The van der Waals surface area contributed by atoms with E-state index in [-0.39, 0.29) is 5.78 Å². The van der Waals surface area contributed by atoms with Gasteiger partial charge in [0.2, 0.25) is 0 Å². The van der Waals surface area contributed by atoms with Crippen molar-refractivity contribution in [2.75, 3.05) is 14.2 Å². The Morgan fingerprint density at radius 3 is 2.46 bits per heavy atom. The zero-order chi connectivity index (χ0) is 26.3. The number of carbonyl (C=O) groups excluding carboxylic acids is 2. The number of rotatable bonds is 6. The van der Waals surface area contributed by atoms with Gasteiger partial charge in [-0.05, 0) is 37.1 Å². The minimum absolute atomic E-state index is 0.146. The Hall–Kier alpha value is -4.03. The van der Waals surface area contributed by atoms with Gasteiger partial charge in [0.1, 0.15) is 6.61 Å². The summed E-state index contributed by atoms with van der Waals surface area (Å²) in [6.07, 6.45) is 0. The fourth-order valence-electron chi connectivity index (χ4n) is 5.05. The number of fused-ring (bicyclic) bond motifs is 2. The predicted molar refractivity (Wildman–Crippen MR) is 142 cm³/mol. The first-order valence-electron chi connectivity index (χ1n) is 11.8. The molecular weight excluding hydrogens is 490 g/mol. The molecule has 188 valence electrons. The van der Waals surface area contributed by atoms with Gasteiger partial charge in [-0.15, -0.1) is 0 Å². The van der Waals surface area contributed by atoms with Gasteiger partial charge in [-0.25, -0.2) is 4.79 Å². The number of methoxy groups -OCH3 is 2. The second kappa shape index (κ2) is 9.79. The quantitative estimate of drug-likeness (QED) is 0.407. The number of hydrogen-bond acceptors (Lipinski definition) is 6. The number of allylic oxidation sites excluding steroid dienone is 2. The highest BCUT2D eigenvalue weighted by Crippen LogP contribution is 2.49. The molecule has 0 amide bonds. The summed E-state index contributed by atoms with van der Waals surface area (Å²) in [5.41, 5.74) is 6.24. The van der Waals surface area contributed by atoms with Gasteiger partial charge in [0.25, 0.3) is 0 Å². The summed E-state index contributed by atoms with van der Waals surface area (Å²) in [4.78, 5) is 26.6. The first-order valence-corrected chi connectivity index (χ1v) is 12.2. The number of benzene rings is 3. The standard InChI is InChI=1S/C30H26ClNO5/c1-16-8-7-9-18(12-16)15-37-29-22(31)13-19(14-23(29)35-3)25-24(30(34)36-4)17(2)32-27-20-10-5-6-11-21(20)28(33)26(25)27/h5-14,25,32H,15H2,1-4H3/t25-/m1/s1.